The fourth-order valence-electron chi connectivity index (χ4n) is 4.47. The summed E-state index contributed by atoms with van der Waals surface area (Å²) in [6, 6.07) is 14.8. The van der Waals surface area contributed by atoms with Gasteiger partial charge in [-0.25, -0.2) is 0 Å². The first kappa shape index (κ1) is 21.3. The smallest absolute Gasteiger partial charge is 0.197 e. The molecule has 4 atom stereocenters. The van der Waals surface area contributed by atoms with Crippen molar-refractivity contribution in [3.8, 4) is 11.5 Å². The molecule has 0 saturated carbocycles. The lowest BCUT2D eigenvalue weighted by atomic mass is 9.87. The van der Waals surface area contributed by atoms with E-state index in [1.54, 1.807) is 0 Å². The van der Waals surface area contributed by atoms with Gasteiger partial charge in [-0.1, -0.05) is 71.5 Å². The largest absolute Gasteiger partial charge is 0.484 e. The molecule has 0 radical (unpaired) electrons. The van der Waals surface area contributed by atoms with Crippen molar-refractivity contribution in [1.82, 2.24) is 0 Å². The van der Waals surface area contributed by atoms with Gasteiger partial charge < -0.3 is 9.47 Å². The number of benzene rings is 2. The standard InChI is InChI=1S/C24H24O4S3/c1-5-21(3)23(19(25)15-11-7-9-13-17(15)27-21)29-24(31-30-23)20(26)16-12-8-10-14-18(16)28-22(24,4)6-2/h7-14H,5-6H2,1-4H3/t21?,22?,23-,24-/m0/s1. The lowest BCUT2D eigenvalue weighted by molar-refractivity contribution is 0.0420. The third-order valence-corrected chi connectivity index (χ3v) is 13.8. The monoisotopic (exact) mass is 472 g/mol. The SMILES string of the molecule is CCC1(C)Oc2ccccc2C(=O)[C@]12SS[C@@]1(S2)C(=O)c2ccccc2OC1(C)CC. The molecule has 3 aliphatic heterocycles. The molecule has 2 aromatic carbocycles. The van der Waals surface area contributed by atoms with Crippen molar-refractivity contribution in [1.29, 1.82) is 0 Å². The lowest BCUT2D eigenvalue weighted by Gasteiger charge is -2.50. The molecule has 31 heavy (non-hydrogen) atoms. The highest BCUT2D eigenvalue weighted by atomic mass is 33.1. The van der Waals surface area contributed by atoms with E-state index in [0.717, 1.165) is 0 Å². The number of hydrogen-bond donors (Lipinski definition) is 0. The predicted octanol–water partition coefficient (Wildman–Crippen LogP) is 6.40. The topological polar surface area (TPSA) is 52.6 Å². The normalized spacial score (nSPS) is 36.1. The third kappa shape index (κ3) is 2.60. The Bertz CT molecular complexity index is 1020. The van der Waals surface area contributed by atoms with Gasteiger partial charge in [0.2, 0.25) is 0 Å². The molecule has 0 amide bonds. The van der Waals surface area contributed by atoms with Gasteiger partial charge in [-0.3, -0.25) is 9.59 Å². The summed E-state index contributed by atoms with van der Waals surface area (Å²) in [7, 11) is 2.95. The van der Waals surface area contributed by atoms with Crippen LogP contribution in [0.1, 0.15) is 61.3 Å². The molecule has 162 valence electrons. The van der Waals surface area contributed by atoms with Crippen LogP contribution in [0.5, 0.6) is 11.5 Å². The molecule has 5 rings (SSSR count). The summed E-state index contributed by atoms with van der Waals surface area (Å²) in [5.74, 6) is 1.26. The highest BCUT2D eigenvalue weighted by Crippen LogP contribution is 2.75. The first-order chi connectivity index (χ1) is 14.8. The van der Waals surface area contributed by atoms with Gasteiger partial charge in [-0.05, 0) is 51.0 Å². The minimum absolute atomic E-state index is 0.0168. The second-order valence-electron chi connectivity index (χ2n) is 8.53. The molecular weight excluding hydrogens is 448 g/mol. The van der Waals surface area contributed by atoms with Crippen LogP contribution < -0.4 is 9.47 Å². The third-order valence-electron chi connectivity index (χ3n) is 6.84. The van der Waals surface area contributed by atoms with Crippen LogP contribution in [0.3, 0.4) is 0 Å². The van der Waals surface area contributed by atoms with E-state index in [1.807, 2.05) is 76.2 Å². The number of ether oxygens (including phenoxy) is 2. The molecule has 3 aliphatic rings. The molecule has 0 aromatic heterocycles. The number of thioether (sulfide) groups is 1. The van der Waals surface area contributed by atoms with Gasteiger partial charge in [0.1, 0.15) is 22.7 Å². The van der Waals surface area contributed by atoms with Crippen LogP contribution in [0.2, 0.25) is 0 Å². The van der Waals surface area contributed by atoms with Crippen LogP contribution in [0.25, 0.3) is 0 Å². The van der Waals surface area contributed by atoms with E-state index in [0.29, 0.717) is 35.5 Å². The van der Waals surface area contributed by atoms with Crippen LogP contribution in [0.4, 0.5) is 0 Å². The summed E-state index contributed by atoms with van der Waals surface area (Å²) in [6.07, 6.45) is 1.27. The summed E-state index contributed by atoms with van der Waals surface area (Å²) < 4.78 is 11.1. The average Bonchev–Trinajstić information content (AvgIpc) is 3.21. The van der Waals surface area contributed by atoms with Crippen LogP contribution >= 0.6 is 33.3 Å². The Labute approximate surface area is 194 Å². The maximum absolute atomic E-state index is 14.0. The number of Topliss-reactive ketones (excluding diaryl/α,β-unsaturated/α-hetero) is 2. The number of ketones is 2. The van der Waals surface area contributed by atoms with Gasteiger partial charge in [0, 0.05) is 0 Å². The summed E-state index contributed by atoms with van der Waals surface area (Å²) in [5.41, 5.74) is -0.380. The zero-order valence-corrected chi connectivity index (χ0v) is 20.3. The molecule has 0 N–H and O–H groups in total. The van der Waals surface area contributed by atoms with E-state index in [9.17, 15) is 9.59 Å². The van der Waals surface area contributed by atoms with Gasteiger partial charge in [0.15, 0.2) is 19.7 Å². The zero-order chi connectivity index (χ0) is 22.1. The first-order valence-corrected chi connectivity index (χ1v) is 13.5. The zero-order valence-electron chi connectivity index (χ0n) is 17.9. The number of carbonyl (C=O) groups is 2. The molecule has 4 nitrogen and oxygen atoms in total. The fraction of sp³-hybridized carbons (Fsp3) is 0.417. The molecule has 7 heteroatoms. The second-order valence-corrected chi connectivity index (χ2v) is 13.0. The Morgan fingerprint density at radius 3 is 1.48 bits per heavy atom. The Hall–Kier alpha value is -1.57. The molecule has 2 spiro atoms. The fourth-order valence-corrected chi connectivity index (χ4v) is 12.0. The minimum atomic E-state index is -0.956. The molecule has 1 saturated heterocycles. The number of hydrogen-bond acceptors (Lipinski definition) is 7. The molecule has 1 fully saturated rings. The van der Waals surface area contributed by atoms with Gasteiger partial charge in [0.25, 0.3) is 0 Å². The quantitative estimate of drug-likeness (QED) is 0.469. The van der Waals surface area contributed by atoms with E-state index in [-0.39, 0.29) is 11.6 Å². The Morgan fingerprint density at radius 2 is 1.10 bits per heavy atom. The van der Waals surface area contributed by atoms with Crippen LogP contribution in [0.15, 0.2) is 48.5 Å². The van der Waals surface area contributed by atoms with Crippen LogP contribution in [0, 0.1) is 0 Å². The summed E-state index contributed by atoms with van der Waals surface area (Å²) in [5, 5.41) is 0. The molecule has 2 unspecified atom stereocenters. The van der Waals surface area contributed by atoms with Crippen LogP contribution in [-0.4, -0.2) is 30.9 Å². The van der Waals surface area contributed by atoms with Crippen molar-refractivity contribution in [2.75, 3.05) is 0 Å². The number of carbonyl (C=O) groups excluding carboxylic acids is 2. The van der Waals surface area contributed by atoms with Gasteiger partial charge >= 0.3 is 0 Å². The Balaban J connectivity index is 1.68. The Kier molecular flexibility index (Phi) is 4.78. The maximum Gasteiger partial charge on any atom is 0.197 e. The van der Waals surface area contributed by atoms with Gasteiger partial charge in [-0.15, -0.1) is 0 Å². The molecule has 2 aromatic rings. The van der Waals surface area contributed by atoms with Crippen molar-refractivity contribution >= 4 is 44.9 Å². The summed E-state index contributed by atoms with van der Waals surface area (Å²) >= 11 is 1.44. The number of para-hydroxylation sites is 2. The molecular formula is C24H24O4S3. The Morgan fingerprint density at radius 1 is 0.710 bits per heavy atom. The first-order valence-electron chi connectivity index (χ1n) is 10.5. The van der Waals surface area contributed by atoms with Crippen LogP contribution in [-0.2, 0) is 0 Å². The average molecular weight is 473 g/mol. The molecule has 0 aliphatic carbocycles. The van der Waals surface area contributed by atoms with E-state index >= 15 is 0 Å². The van der Waals surface area contributed by atoms with Gasteiger partial charge in [0.05, 0.1) is 11.1 Å². The van der Waals surface area contributed by atoms with E-state index in [2.05, 4.69) is 0 Å². The minimum Gasteiger partial charge on any atom is -0.484 e. The maximum atomic E-state index is 14.0. The van der Waals surface area contributed by atoms with Gasteiger partial charge in [-0.2, -0.15) is 0 Å². The highest BCUT2D eigenvalue weighted by molar-refractivity contribution is 8.84. The van der Waals surface area contributed by atoms with E-state index < -0.39 is 19.4 Å². The number of rotatable bonds is 2. The summed E-state index contributed by atoms with van der Waals surface area (Å²) in [6.45, 7) is 8.05. The molecule has 0 bridgehead atoms. The molecule has 3 heterocycles. The van der Waals surface area contributed by atoms with Crippen molar-refractivity contribution in [2.45, 2.75) is 59.9 Å². The van der Waals surface area contributed by atoms with E-state index in [4.69, 9.17) is 9.47 Å². The van der Waals surface area contributed by atoms with Crippen molar-refractivity contribution in [3.05, 3.63) is 59.7 Å². The van der Waals surface area contributed by atoms with Crippen molar-refractivity contribution < 1.29 is 19.1 Å². The van der Waals surface area contributed by atoms with Crippen molar-refractivity contribution in [2.24, 2.45) is 0 Å². The number of fused-ring (bicyclic) bond motifs is 2. The lowest BCUT2D eigenvalue weighted by Crippen LogP contribution is -2.62. The predicted molar refractivity (Wildman–Crippen MR) is 128 cm³/mol. The summed E-state index contributed by atoms with van der Waals surface area (Å²) in [4.78, 5) is 28.0. The van der Waals surface area contributed by atoms with Crippen molar-refractivity contribution in [3.63, 3.8) is 0 Å². The van der Waals surface area contributed by atoms with E-state index in [1.165, 1.54) is 33.3 Å². The second kappa shape index (κ2) is 6.96. The highest BCUT2D eigenvalue weighted by Gasteiger charge is 2.74.